The van der Waals surface area contributed by atoms with Gasteiger partial charge in [0.2, 0.25) is 11.8 Å². The van der Waals surface area contributed by atoms with Crippen LogP contribution < -0.4 is 16.0 Å². The first-order valence-corrected chi connectivity index (χ1v) is 8.03. The topological polar surface area (TPSA) is 70.2 Å². The third kappa shape index (κ3) is 6.66. The molecular formula is C15H28ClN3O2. The first-order valence-electron chi connectivity index (χ1n) is 8.03. The van der Waals surface area contributed by atoms with Crippen molar-refractivity contribution >= 4 is 24.2 Å². The number of carbonyl (C=O) groups is 2. The largest absolute Gasteiger partial charge is 0.356 e. The molecule has 2 rings (SSSR count). The van der Waals surface area contributed by atoms with E-state index in [9.17, 15) is 9.59 Å². The van der Waals surface area contributed by atoms with Crippen LogP contribution in [-0.4, -0.2) is 37.5 Å². The highest BCUT2D eigenvalue weighted by Gasteiger charge is 2.25. The Morgan fingerprint density at radius 2 is 1.81 bits per heavy atom. The predicted octanol–water partition coefficient (Wildman–Crippen LogP) is 1.36. The molecule has 1 saturated heterocycles. The van der Waals surface area contributed by atoms with E-state index in [1.165, 1.54) is 38.5 Å². The number of amides is 2. The fourth-order valence-electron chi connectivity index (χ4n) is 3.10. The number of rotatable bonds is 5. The molecule has 0 aromatic carbocycles. The Balaban J connectivity index is 0.00000220. The summed E-state index contributed by atoms with van der Waals surface area (Å²) in [6.07, 6.45) is 8.97. The van der Waals surface area contributed by atoms with Crippen molar-refractivity contribution in [1.82, 2.24) is 16.0 Å². The molecule has 0 radical (unpaired) electrons. The van der Waals surface area contributed by atoms with E-state index >= 15 is 0 Å². The van der Waals surface area contributed by atoms with Crippen molar-refractivity contribution in [1.29, 1.82) is 0 Å². The number of carbonyl (C=O) groups excluding carboxylic acids is 2. The Bertz CT molecular complexity index is 331. The second-order valence-electron chi connectivity index (χ2n) is 5.97. The van der Waals surface area contributed by atoms with Crippen LogP contribution in [0, 0.1) is 5.92 Å². The molecule has 122 valence electrons. The van der Waals surface area contributed by atoms with Gasteiger partial charge in [-0.15, -0.1) is 12.4 Å². The van der Waals surface area contributed by atoms with E-state index in [0.717, 1.165) is 13.0 Å². The van der Waals surface area contributed by atoms with Gasteiger partial charge in [-0.05, 0) is 19.3 Å². The SMILES string of the molecule is Cl.O=C1CC(C(=O)NCCNC2CCCCCC2)CCN1. The highest BCUT2D eigenvalue weighted by molar-refractivity contribution is 5.86. The summed E-state index contributed by atoms with van der Waals surface area (Å²) in [7, 11) is 0. The number of hydrogen-bond acceptors (Lipinski definition) is 3. The van der Waals surface area contributed by atoms with Crippen molar-refractivity contribution in [2.24, 2.45) is 5.92 Å². The molecule has 1 unspecified atom stereocenters. The Morgan fingerprint density at radius 3 is 2.48 bits per heavy atom. The van der Waals surface area contributed by atoms with Gasteiger partial charge in [-0.1, -0.05) is 25.7 Å². The fraction of sp³-hybridized carbons (Fsp3) is 0.867. The number of hydrogen-bond donors (Lipinski definition) is 3. The minimum Gasteiger partial charge on any atom is -0.356 e. The molecule has 2 aliphatic rings. The maximum Gasteiger partial charge on any atom is 0.223 e. The zero-order valence-electron chi connectivity index (χ0n) is 12.7. The van der Waals surface area contributed by atoms with Crippen molar-refractivity contribution in [3.8, 4) is 0 Å². The minimum atomic E-state index is -0.137. The molecular weight excluding hydrogens is 290 g/mol. The van der Waals surface area contributed by atoms with Crippen LogP contribution in [0.15, 0.2) is 0 Å². The molecule has 3 N–H and O–H groups in total. The Hall–Kier alpha value is -0.810. The Labute approximate surface area is 133 Å². The van der Waals surface area contributed by atoms with Gasteiger partial charge in [0.25, 0.3) is 0 Å². The zero-order chi connectivity index (χ0) is 14.2. The molecule has 5 nitrogen and oxygen atoms in total. The predicted molar refractivity (Wildman–Crippen MR) is 85.5 cm³/mol. The Kier molecular flexibility index (Phi) is 8.69. The van der Waals surface area contributed by atoms with Gasteiger partial charge in [0.1, 0.15) is 0 Å². The molecule has 1 aliphatic carbocycles. The van der Waals surface area contributed by atoms with Crippen molar-refractivity contribution < 1.29 is 9.59 Å². The normalized spacial score (nSPS) is 23.6. The van der Waals surface area contributed by atoms with E-state index in [-0.39, 0.29) is 30.1 Å². The van der Waals surface area contributed by atoms with Gasteiger partial charge in [-0.25, -0.2) is 0 Å². The van der Waals surface area contributed by atoms with Crippen molar-refractivity contribution in [3.63, 3.8) is 0 Å². The van der Waals surface area contributed by atoms with E-state index in [2.05, 4.69) is 16.0 Å². The molecule has 1 aliphatic heterocycles. The van der Waals surface area contributed by atoms with Crippen LogP contribution in [0.4, 0.5) is 0 Å². The molecule has 0 bridgehead atoms. The van der Waals surface area contributed by atoms with Gasteiger partial charge >= 0.3 is 0 Å². The molecule has 1 saturated carbocycles. The van der Waals surface area contributed by atoms with Gasteiger partial charge in [0.15, 0.2) is 0 Å². The van der Waals surface area contributed by atoms with Crippen molar-refractivity contribution in [2.45, 2.75) is 57.4 Å². The number of halogens is 1. The smallest absolute Gasteiger partial charge is 0.223 e. The van der Waals surface area contributed by atoms with E-state index < -0.39 is 0 Å². The molecule has 21 heavy (non-hydrogen) atoms. The fourth-order valence-corrected chi connectivity index (χ4v) is 3.10. The van der Waals surface area contributed by atoms with Crippen molar-refractivity contribution in [2.75, 3.05) is 19.6 Å². The highest BCUT2D eigenvalue weighted by Crippen LogP contribution is 2.17. The summed E-state index contributed by atoms with van der Waals surface area (Å²) in [5.74, 6) is -0.114. The number of piperidine rings is 1. The Morgan fingerprint density at radius 1 is 1.10 bits per heavy atom. The summed E-state index contributed by atoms with van der Waals surface area (Å²) >= 11 is 0. The standard InChI is InChI=1S/C15H27N3O2.ClH/c19-14-11-12(7-8-17-14)15(20)18-10-9-16-13-5-3-1-2-4-6-13;/h12-13,16H,1-11H2,(H,17,19)(H,18,20);1H. The van der Waals surface area contributed by atoms with Crippen LogP contribution in [0.3, 0.4) is 0 Å². The summed E-state index contributed by atoms with van der Waals surface area (Å²) in [4.78, 5) is 23.2. The van der Waals surface area contributed by atoms with E-state index in [0.29, 0.717) is 25.6 Å². The highest BCUT2D eigenvalue weighted by atomic mass is 35.5. The monoisotopic (exact) mass is 317 g/mol. The van der Waals surface area contributed by atoms with E-state index in [1.807, 2.05) is 0 Å². The maximum atomic E-state index is 11.9. The van der Waals surface area contributed by atoms with Gasteiger partial charge < -0.3 is 16.0 Å². The molecule has 0 aromatic heterocycles. The maximum absolute atomic E-state index is 11.9. The van der Waals surface area contributed by atoms with Crippen LogP contribution >= 0.6 is 12.4 Å². The lowest BCUT2D eigenvalue weighted by Crippen LogP contribution is -2.43. The summed E-state index contributed by atoms with van der Waals surface area (Å²) in [5, 5.41) is 9.23. The summed E-state index contributed by atoms with van der Waals surface area (Å²) in [6, 6.07) is 0.620. The van der Waals surface area contributed by atoms with Gasteiger partial charge in [0, 0.05) is 38.0 Å². The van der Waals surface area contributed by atoms with Crippen molar-refractivity contribution in [3.05, 3.63) is 0 Å². The summed E-state index contributed by atoms with van der Waals surface area (Å²) in [5.41, 5.74) is 0. The van der Waals surface area contributed by atoms with Gasteiger partial charge in [-0.3, -0.25) is 9.59 Å². The summed E-state index contributed by atoms with van der Waals surface area (Å²) in [6.45, 7) is 2.11. The molecule has 2 fully saturated rings. The lowest BCUT2D eigenvalue weighted by Gasteiger charge is -2.22. The zero-order valence-corrected chi connectivity index (χ0v) is 13.5. The van der Waals surface area contributed by atoms with Gasteiger partial charge in [0.05, 0.1) is 0 Å². The third-order valence-corrected chi connectivity index (χ3v) is 4.33. The molecule has 6 heteroatoms. The van der Waals surface area contributed by atoms with Crippen LogP contribution in [0.5, 0.6) is 0 Å². The lowest BCUT2D eigenvalue weighted by molar-refractivity contribution is -0.132. The first-order chi connectivity index (χ1) is 9.75. The van der Waals surface area contributed by atoms with Crippen LogP contribution in [0.1, 0.15) is 51.4 Å². The second kappa shape index (κ2) is 10.0. The van der Waals surface area contributed by atoms with Crippen LogP contribution in [0.25, 0.3) is 0 Å². The molecule has 0 spiro atoms. The van der Waals surface area contributed by atoms with Crippen LogP contribution in [0.2, 0.25) is 0 Å². The average Bonchev–Trinajstić information content (AvgIpc) is 2.72. The average molecular weight is 318 g/mol. The molecule has 2 amide bonds. The second-order valence-corrected chi connectivity index (χ2v) is 5.97. The summed E-state index contributed by atoms with van der Waals surface area (Å²) < 4.78 is 0. The van der Waals surface area contributed by atoms with Crippen LogP contribution in [-0.2, 0) is 9.59 Å². The molecule has 1 atom stereocenters. The molecule has 0 aromatic rings. The third-order valence-electron chi connectivity index (χ3n) is 4.33. The quantitative estimate of drug-likeness (QED) is 0.530. The first kappa shape index (κ1) is 18.2. The van der Waals surface area contributed by atoms with E-state index in [4.69, 9.17) is 0 Å². The minimum absolute atomic E-state index is 0. The molecule has 1 heterocycles. The lowest BCUT2D eigenvalue weighted by atomic mass is 9.97. The van der Waals surface area contributed by atoms with Gasteiger partial charge in [-0.2, -0.15) is 0 Å². The number of nitrogens with one attached hydrogen (secondary N) is 3. The van der Waals surface area contributed by atoms with E-state index in [1.54, 1.807) is 0 Å².